The van der Waals surface area contributed by atoms with Crippen LogP contribution < -0.4 is 10.5 Å². The van der Waals surface area contributed by atoms with Crippen molar-refractivity contribution in [2.45, 2.75) is 26.2 Å². The molecule has 4 heteroatoms. The zero-order chi connectivity index (χ0) is 14.8. The van der Waals surface area contributed by atoms with E-state index in [0.717, 1.165) is 5.56 Å². The van der Waals surface area contributed by atoms with Crippen molar-refractivity contribution in [3.63, 3.8) is 0 Å². The molecule has 0 spiro atoms. The molecule has 0 bridgehead atoms. The summed E-state index contributed by atoms with van der Waals surface area (Å²) < 4.78 is 5.70. The summed E-state index contributed by atoms with van der Waals surface area (Å²) in [7, 11) is 0. The first-order valence-corrected chi connectivity index (χ1v) is 6.34. The minimum absolute atomic E-state index is 0.0337. The molecule has 0 atom stereocenters. The lowest BCUT2D eigenvalue weighted by molar-refractivity contribution is 0.458. The molecule has 0 saturated carbocycles. The Morgan fingerprint density at radius 2 is 2.00 bits per heavy atom. The number of anilines is 1. The highest BCUT2D eigenvalue weighted by Gasteiger charge is 2.15. The average molecular weight is 267 g/mol. The van der Waals surface area contributed by atoms with Gasteiger partial charge in [0.15, 0.2) is 0 Å². The Morgan fingerprint density at radius 1 is 1.25 bits per heavy atom. The Morgan fingerprint density at radius 3 is 2.65 bits per heavy atom. The van der Waals surface area contributed by atoms with E-state index in [0.29, 0.717) is 17.0 Å². The van der Waals surface area contributed by atoms with Gasteiger partial charge in [0.25, 0.3) is 0 Å². The lowest BCUT2D eigenvalue weighted by Crippen LogP contribution is -2.10. The number of nitrogens with two attached hydrogens (primary N) is 1. The first kappa shape index (κ1) is 13.9. The number of hydrogen-bond acceptors (Lipinski definition) is 4. The summed E-state index contributed by atoms with van der Waals surface area (Å²) in [6.45, 7) is 6.40. The Bertz CT molecular complexity index is 666. The fourth-order valence-corrected chi connectivity index (χ4v) is 1.77. The maximum absolute atomic E-state index is 9.08. The Labute approximate surface area is 118 Å². The van der Waals surface area contributed by atoms with Crippen LogP contribution in [0.25, 0.3) is 0 Å². The molecular weight excluding hydrogens is 250 g/mol. The van der Waals surface area contributed by atoms with Gasteiger partial charge < -0.3 is 10.5 Å². The van der Waals surface area contributed by atoms with E-state index >= 15 is 0 Å². The molecular formula is C16H17N3O. The van der Waals surface area contributed by atoms with Crippen LogP contribution in [0.15, 0.2) is 36.5 Å². The van der Waals surface area contributed by atoms with Crippen LogP contribution in [0.1, 0.15) is 31.9 Å². The molecule has 0 aliphatic rings. The molecule has 0 aliphatic carbocycles. The van der Waals surface area contributed by atoms with Gasteiger partial charge >= 0.3 is 0 Å². The second-order valence-electron chi connectivity index (χ2n) is 5.61. The van der Waals surface area contributed by atoms with Gasteiger partial charge in [0.05, 0.1) is 11.9 Å². The molecule has 0 aliphatic heterocycles. The van der Waals surface area contributed by atoms with Gasteiger partial charge in [0.1, 0.15) is 17.4 Å². The molecule has 0 amide bonds. The Balaban J connectivity index is 2.34. The molecule has 0 radical (unpaired) electrons. The number of rotatable bonds is 2. The fourth-order valence-electron chi connectivity index (χ4n) is 1.77. The zero-order valence-corrected chi connectivity index (χ0v) is 11.8. The standard InChI is InChI=1S/C16H17N3O/c1-16(2,3)12-5-4-6-14(8-12)20-15-11(9-17)7-13(18)10-19-15/h4-8,10H,18H2,1-3H3. The molecule has 4 nitrogen and oxygen atoms in total. The van der Waals surface area contributed by atoms with E-state index in [1.165, 1.54) is 6.20 Å². The van der Waals surface area contributed by atoms with Crippen molar-refractivity contribution in [1.29, 1.82) is 5.26 Å². The molecule has 1 aromatic carbocycles. The molecule has 1 aromatic heterocycles. The molecule has 2 N–H and O–H groups in total. The lowest BCUT2D eigenvalue weighted by Gasteiger charge is -2.19. The summed E-state index contributed by atoms with van der Waals surface area (Å²) in [5.74, 6) is 0.930. The first-order chi connectivity index (χ1) is 9.40. The summed E-state index contributed by atoms with van der Waals surface area (Å²) in [5, 5.41) is 9.08. The van der Waals surface area contributed by atoms with Gasteiger partial charge in [-0.2, -0.15) is 5.26 Å². The van der Waals surface area contributed by atoms with Gasteiger partial charge in [-0.1, -0.05) is 32.9 Å². The number of aromatic nitrogens is 1. The Kier molecular flexibility index (Phi) is 3.62. The van der Waals surface area contributed by atoms with Crippen LogP contribution >= 0.6 is 0 Å². The second kappa shape index (κ2) is 5.22. The van der Waals surface area contributed by atoms with E-state index in [1.807, 2.05) is 24.3 Å². The van der Waals surface area contributed by atoms with Gasteiger partial charge in [-0.15, -0.1) is 0 Å². The topological polar surface area (TPSA) is 71.9 Å². The molecule has 20 heavy (non-hydrogen) atoms. The maximum Gasteiger partial charge on any atom is 0.237 e. The third kappa shape index (κ3) is 3.07. The van der Waals surface area contributed by atoms with Gasteiger partial charge in [-0.05, 0) is 29.2 Å². The molecule has 0 unspecified atom stereocenters. The molecule has 102 valence electrons. The van der Waals surface area contributed by atoms with E-state index in [9.17, 15) is 0 Å². The lowest BCUT2D eigenvalue weighted by atomic mass is 9.87. The van der Waals surface area contributed by atoms with Crippen LogP contribution in [0.5, 0.6) is 11.6 Å². The van der Waals surface area contributed by atoms with Crippen LogP contribution in [0, 0.1) is 11.3 Å². The highest BCUT2D eigenvalue weighted by molar-refractivity contribution is 5.49. The normalized spacial score (nSPS) is 10.9. The zero-order valence-electron chi connectivity index (χ0n) is 11.8. The number of nitriles is 1. The summed E-state index contributed by atoms with van der Waals surface area (Å²) in [5.41, 5.74) is 7.57. The molecule has 2 rings (SSSR count). The number of nitrogens with zero attached hydrogens (tertiary/aromatic N) is 2. The van der Waals surface area contributed by atoms with Gasteiger partial charge in [-0.3, -0.25) is 0 Å². The van der Waals surface area contributed by atoms with E-state index in [2.05, 4.69) is 31.8 Å². The third-order valence-electron chi connectivity index (χ3n) is 2.91. The second-order valence-corrected chi connectivity index (χ2v) is 5.61. The fraction of sp³-hybridized carbons (Fsp3) is 0.250. The number of benzene rings is 1. The van der Waals surface area contributed by atoms with E-state index in [-0.39, 0.29) is 11.3 Å². The monoisotopic (exact) mass is 267 g/mol. The first-order valence-electron chi connectivity index (χ1n) is 6.34. The van der Waals surface area contributed by atoms with Crippen LogP contribution in [-0.2, 0) is 5.41 Å². The minimum atomic E-state index is 0.0337. The van der Waals surface area contributed by atoms with Gasteiger partial charge in [0, 0.05) is 0 Å². The van der Waals surface area contributed by atoms with Crippen LogP contribution in [0.3, 0.4) is 0 Å². The summed E-state index contributed by atoms with van der Waals surface area (Å²) in [4.78, 5) is 4.07. The smallest absolute Gasteiger partial charge is 0.237 e. The van der Waals surface area contributed by atoms with E-state index < -0.39 is 0 Å². The summed E-state index contributed by atoms with van der Waals surface area (Å²) in [6.07, 6.45) is 1.48. The van der Waals surface area contributed by atoms with Crippen molar-refractivity contribution in [3.05, 3.63) is 47.7 Å². The number of ether oxygens (including phenoxy) is 1. The maximum atomic E-state index is 9.08. The van der Waals surface area contributed by atoms with Crippen molar-refractivity contribution in [2.75, 3.05) is 5.73 Å². The predicted molar refractivity (Wildman–Crippen MR) is 78.6 cm³/mol. The average Bonchev–Trinajstić information content (AvgIpc) is 2.40. The molecule has 2 aromatic rings. The van der Waals surface area contributed by atoms with E-state index in [4.69, 9.17) is 15.7 Å². The SMILES string of the molecule is CC(C)(C)c1cccc(Oc2ncc(N)cc2C#N)c1. The highest BCUT2D eigenvalue weighted by Crippen LogP contribution is 2.29. The van der Waals surface area contributed by atoms with Gasteiger partial charge in [-0.25, -0.2) is 4.98 Å². The molecule has 1 heterocycles. The number of pyridine rings is 1. The summed E-state index contributed by atoms with van der Waals surface area (Å²) >= 11 is 0. The van der Waals surface area contributed by atoms with Crippen molar-refractivity contribution >= 4 is 5.69 Å². The number of hydrogen-bond donors (Lipinski definition) is 1. The quantitative estimate of drug-likeness (QED) is 0.901. The van der Waals surface area contributed by atoms with Crippen molar-refractivity contribution < 1.29 is 4.74 Å². The van der Waals surface area contributed by atoms with Crippen molar-refractivity contribution in [1.82, 2.24) is 4.98 Å². The molecule has 0 fully saturated rings. The summed E-state index contributed by atoms with van der Waals surface area (Å²) in [6, 6.07) is 11.4. The highest BCUT2D eigenvalue weighted by atomic mass is 16.5. The number of nitrogen functional groups attached to an aromatic ring is 1. The van der Waals surface area contributed by atoms with Crippen molar-refractivity contribution in [2.24, 2.45) is 0 Å². The minimum Gasteiger partial charge on any atom is -0.438 e. The van der Waals surface area contributed by atoms with Crippen LogP contribution in [-0.4, -0.2) is 4.98 Å². The molecule has 0 saturated heterocycles. The Hall–Kier alpha value is -2.54. The van der Waals surface area contributed by atoms with Crippen LogP contribution in [0.4, 0.5) is 5.69 Å². The van der Waals surface area contributed by atoms with Gasteiger partial charge in [0.2, 0.25) is 5.88 Å². The predicted octanol–water partition coefficient (Wildman–Crippen LogP) is 3.63. The largest absolute Gasteiger partial charge is 0.438 e. The van der Waals surface area contributed by atoms with Crippen LogP contribution in [0.2, 0.25) is 0 Å². The van der Waals surface area contributed by atoms with E-state index in [1.54, 1.807) is 6.07 Å². The van der Waals surface area contributed by atoms with Crippen molar-refractivity contribution in [3.8, 4) is 17.7 Å². The third-order valence-corrected chi connectivity index (χ3v) is 2.91.